The minimum atomic E-state index is -0.139. The molecule has 3 atom stereocenters. The summed E-state index contributed by atoms with van der Waals surface area (Å²) in [6, 6.07) is 10.9. The van der Waals surface area contributed by atoms with Crippen molar-refractivity contribution in [2.45, 2.75) is 32.4 Å². The van der Waals surface area contributed by atoms with Crippen molar-refractivity contribution in [3.8, 4) is 0 Å². The second-order valence-electron chi connectivity index (χ2n) is 4.62. The van der Waals surface area contributed by atoms with Gasteiger partial charge in [-0.2, -0.15) is 0 Å². The molecule has 2 rings (SSSR count). The Morgan fingerprint density at radius 3 is 2.53 bits per heavy atom. The molecular formula is C13H19NO. The summed E-state index contributed by atoms with van der Waals surface area (Å²) in [5.74, 6) is 0.362. The first-order valence-corrected chi connectivity index (χ1v) is 5.68. The molecule has 3 unspecified atom stereocenters. The number of hydrogen-bond acceptors (Lipinski definition) is 2. The number of anilines is 1. The molecule has 1 fully saturated rings. The van der Waals surface area contributed by atoms with Crippen molar-refractivity contribution < 1.29 is 5.11 Å². The Morgan fingerprint density at radius 2 is 1.87 bits per heavy atom. The molecule has 82 valence electrons. The first-order chi connectivity index (χ1) is 7.18. The van der Waals surface area contributed by atoms with E-state index in [1.165, 1.54) is 5.69 Å². The van der Waals surface area contributed by atoms with Crippen LogP contribution >= 0.6 is 0 Å². The third-order valence-electron chi connectivity index (χ3n) is 3.34. The van der Waals surface area contributed by atoms with E-state index in [1.54, 1.807) is 0 Å². The van der Waals surface area contributed by atoms with Crippen LogP contribution < -0.4 is 4.90 Å². The molecule has 1 saturated heterocycles. The van der Waals surface area contributed by atoms with Crippen LogP contribution in [0.1, 0.15) is 20.3 Å². The highest BCUT2D eigenvalue weighted by atomic mass is 16.3. The molecule has 2 nitrogen and oxygen atoms in total. The van der Waals surface area contributed by atoms with Gasteiger partial charge < -0.3 is 10.0 Å². The van der Waals surface area contributed by atoms with E-state index in [2.05, 4.69) is 43.0 Å². The SMILES string of the molecule is CC1CN(c2ccccc2)C(C)CC1O. The van der Waals surface area contributed by atoms with E-state index in [9.17, 15) is 5.11 Å². The van der Waals surface area contributed by atoms with Crippen molar-refractivity contribution in [3.05, 3.63) is 30.3 Å². The Bertz CT molecular complexity index is 312. The van der Waals surface area contributed by atoms with Gasteiger partial charge in [0.2, 0.25) is 0 Å². The quantitative estimate of drug-likeness (QED) is 0.760. The summed E-state index contributed by atoms with van der Waals surface area (Å²) in [5, 5.41) is 9.79. The van der Waals surface area contributed by atoms with Crippen LogP contribution in [-0.2, 0) is 0 Å². The molecule has 15 heavy (non-hydrogen) atoms. The van der Waals surface area contributed by atoms with Crippen molar-refractivity contribution in [2.75, 3.05) is 11.4 Å². The van der Waals surface area contributed by atoms with E-state index in [-0.39, 0.29) is 6.10 Å². The average molecular weight is 205 g/mol. The molecule has 1 aliphatic rings. The van der Waals surface area contributed by atoms with E-state index in [1.807, 2.05) is 6.07 Å². The third-order valence-corrected chi connectivity index (χ3v) is 3.34. The number of benzene rings is 1. The minimum Gasteiger partial charge on any atom is -0.393 e. The summed E-state index contributed by atoms with van der Waals surface area (Å²) in [5.41, 5.74) is 1.27. The zero-order valence-corrected chi connectivity index (χ0v) is 9.43. The van der Waals surface area contributed by atoms with Gasteiger partial charge in [0.15, 0.2) is 0 Å². The number of aliphatic hydroxyl groups excluding tert-OH is 1. The van der Waals surface area contributed by atoms with Gasteiger partial charge in [0.25, 0.3) is 0 Å². The fourth-order valence-electron chi connectivity index (χ4n) is 2.30. The maximum Gasteiger partial charge on any atom is 0.0602 e. The molecule has 0 bridgehead atoms. The van der Waals surface area contributed by atoms with Gasteiger partial charge in [0.05, 0.1) is 6.10 Å². The van der Waals surface area contributed by atoms with Crippen LogP contribution in [0.3, 0.4) is 0 Å². The van der Waals surface area contributed by atoms with E-state index >= 15 is 0 Å². The lowest BCUT2D eigenvalue weighted by molar-refractivity contribution is 0.0840. The second-order valence-corrected chi connectivity index (χ2v) is 4.62. The van der Waals surface area contributed by atoms with E-state index in [4.69, 9.17) is 0 Å². The van der Waals surface area contributed by atoms with Crippen molar-refractivity contribution >= 4 is 5.69 Å². The summed E-state index contributed by atoms with van der Waals surface area (Å²) in [7, 11) is 0. The third kappa shape index (κ3) is 2.15. The topological polar surface area (TPSA) is 23.5 Å². The molecule has 1 heterocycles. The van der Waals surface area contributed by atoms with Gasteiger partial charge in [-0.05, 0) is 31.4 Å². The summed E-state index contributed by atoms with van der Waals surface area (Å²) >= 11 is 0. The molecule has 1 aliphatic heterocycles. The highest BCUT2D eigenvalue weighted by molar-refractivity contribution is 5.47. The fraction of sp³-hybridized carbons (Fsp3) is 0.538. The minimum absolute atomic E-state index is 0.139. The molecule has 1 aromatic rings. The number of para-hydroxylation sites is 1. The lowest BCUT2D eigenvalue weighted by atomic mass is 9.91. The Hall–Kier alpha value is -1.02. The van der Waals surface area contributed by atoms with E-state index in [0.29, 0.717) is 12.0 Å². The van der Waals surface area contributed by atoms with Crippen LogP contribution in [0, 0.1) is 5.92 Å². The number of rotatable bonds is 1. The largest absolute Gasteiger partial charge is 0.393 e. The zero-order chi connectivity index (χ0) is 10.8. The highest BCUT2D eigenvalue weighted by Crippen LogP contribution is 2.27. The van der Waals surface area contributed by atoms with Crippen molar-refractivity contribution in [1.82, 2.24) is 0 Å². The Kier molecular flexibility index (Phi) is 2.96. The molecule has 0 aromatic heterocycles. The van der Waals surface area contributed by atoms with Gasteiger partial charge in [-0.3, -0.25) is 0 Å². The number of piperidine rings is 1. The maximum atomic E-state index is 9.79. The van der Waals surface area contributed by atoms with E-state index in [0.717, 1.165) is 13.0 Å². The predicted octanol–water partition coefficient (Wildman–Crippen LogP) is 2.28. The molecule has 2 heteroatoms. The normalized spacial score (nSPS) is 31.7. The van der Waals surface area contributed by atoms with Crippen molar-refractivity contribution in [2.24, 2.45) is 5.92 Å². The zero-order valence-electron chi connectivity index (χ0n) is 9.43. The van der Waals surface area contributed by atoms with Gasteiger partial charge in [0, 0.05) is 18.3 Å². The van der Waals surface area contributed by atoms with Crippen LogP contribution in [0.2, 0.25) is 0 Å². The van der Waals surface area contributed by atoms with Crippen LogP contribution in [-0.4, -0.2) is 23.8 Å². The predicted molar refractivity (Wildman–Crippen MR) is 63.0 cm³/mol. The summed E-state index contributed by atoms with van der Waals surface area (Å²) in [4.78, 5) is 2.39. The molecule has 1 N–H and O–H groups in total. The molecule has 0 amide bonds. The van der Waals surface area contributed by atoms with Gasteiger partial charge in [-0.25, -0.2) is 0 Å². The van der Waals surface area contributed by atoms with Crippen molar-refractivity contribution in [3.63, 3.8) is 0 Å². The standard InChI is InChI=1S/C13H19NO/c1-10-9-14(11(2)8-13(10)15)12-6-4-3-5-7-12/h3-7,10-11,13,15H,8-9H2,1-2H3. The summed E-state index contributed by atoms with van der Waals surface area (Å²) in [6.45, 7) is 5.25. The second kappa shape index (κ2) is 4.23. The Balaban J connectivity index is 2.16. The van der Waals surface area contributed by atoms with Gasteiger partial charge in [-0.1, -0.05) is 25.1 Å². The first-order valence-electron chi connectivity index (χ1n) is 5.68. The maximum absolute atomic E-state index is 9.79. The number of nitrogens with zero attached hydrogens (tertiary/aromatic N) is 1. The fourth-order valence-corrected chi connectivity index (χ4v) is 2.30. The number of aliphatic hydroxyl groups is 1. The monoisotopic (exact) mass is 205 g/mol. The lowest BCUT2D eigenvalue weighted by Gasteiger charge is -2.41. The lowest BCUT2D eigenvalue weighted by Crippen LogP contribution is -2.47. The highest BCUT2D eigenvalue weighted by Gasteiger charge is 2.29. The van der Waals surface area contributed by atoms with Gasteiger partial charge in [-0.15, -0.1) is 0 Å². The molecule has 0 radical (unpaired) electrons. The van der Waals surface area contributed by atoms with Gasteiger partial charge in [0.1, 0.15) is 0 Å². The molecule has 0 spiro atoms. The van der Waals surface area contributed by atoms with Crippen LogP contribution in [0.4, 0.5) is 5.69 Å². The smallest absolute Gasteiger partial charge is 0.0602 e. The molecule has 0 saturated carbocycles. The molecule has 0 aliphatic carbocycles. The van der Waals surface area contributed by atoms with Crippen LogP contribution in [0.5, 0.6) is 0 Å². The Morgan fingerprint density at radius 1 is 1.20 bits per heavy atom. The van der Waals surface area contributed by atoms with Crippen molar-refractivity contribution in [1.29, 1.82) is 0 Å². The molecule has 1 aromatic carbocycles. The van der Waals surface area contributed by atoms with Crippen LogP contribution in [0.25, 0.3) is 0 Å². The van der Waals surface area contributed by atoms with Gasteiger partial charge >= 0.3 is 0 Å². The Labute approximate surface area is 91.5 Å². The van der Waals surface area contributed by atoms with Crippen LogP contribution in [0.15, 0.2) is 30.3 Å². The summed E-state index contributed by atoms with van der Waals surface area (Å²) < 4.78 is 0. The first kappa shape index (κ1) is 10.5. The van der Waals surface area contributed by atoms with E-state index < -0.39 is 0 Å². The molecular weight excluding hydrogens is 186 g/mol. The average Bonchev–Trinajstić information content (AvgIpc) is 2.25. The summed E-state index contributed by atoms with van der Waals surface area (Å²) in [6.07, 6.45) is 0.732. The number of hydrogen-bond donors (Lipinski definition) is 1.